The summed E-state index contributed by atoms with van der Waals surface area (Å²) in [5.41, 5.74) is -4.49. The second kappa shape index (κ2) is 8.81. The van der Waals surface area contributed by atoms with Crippen molar-refractivity contribution >= 4 is 23.5 Å². The first-order valence-electron chi connectivity index (χ1n) is 7.63. The lowest BCUT2D eigenvalue weighted by molar-refractivity contribution is -0.0761. The van der Waals surface area contributed by atoms with Crippen LogP contribution in [0.2, 0.25) is 0 Å². The molecule has 1 aliphatic heterocycles. The van der Waals surface area contributed by atoms with E-state index < -0.39 is 65.4 Å². The molecule has 0 bridgehead atoms. The Morgan fingerprint density at radius 2 is 1.81 bits per heavy atom. The molecule has 1 saturated heterocycles. The maximum Gasteiger partial charge on any atom is 0.490 e. The number of ether oxygens (including phenoxy) is 1. The summed E-state index contributed by atoms with van der Waals surface area (Å²) in [4.78, 5) is 60.4. The van der Waals surface area contributed by atoms with Crippen molar-refractivity contribution in [2.24, 2.45) is 0 Å². The van der Waals surface area contributed by atoms with Crippen molar-refractivity contribution < 1.29 is 61.4 Å². The number of aliphatic hydroxyl groups excluding tert-OH is 1. The average molecular weight is 508 g/mol. The summed E-state index contributed by atoms with van der Waals surface area (Å²) >= 11 is 0. The first kappa shape index (κ1) is 25.8. The van der Waals surface area contributed by atoms with E-state index in [1.807, 2.05) is 4.98 Å². The first-order valence-corrected chi connectivity index (χ1v) is 12.2. The van der Waals surface area contributed by atoms with Crippen molar-refractivity contribution in [2.45, 2.75) is 24.0 Å². The first-order chi connectivity index (χ1) is 14.0. The van der Waals surface area contributed by atoms with Crippen molar-refractivity contribution in [3.63, 3.8) is 0 Å². The van der Waals surface area contributed by atoms with Gasteiger partial charge >= 0.3 is 29.2 Å². The Bertz CT molecular complexity index is 1130. The van der Waals surface area contributed by atoms with Crippen LogP contribution in [0, 0.1) is 12.3 Å². The second-order valence-corrected chi connectivity index (χ2v) is 10.3. The molecular weight excluding hydrogens is 493 g/mol. The van der Waals surface area contributed by atoms with Crippen LogP contribution in [0.25, 0.3) is 0 Å². The molecule has 1 aromatic heterocycles. The van der Waals surface area contributed by atoms with Crippen LogP contribution in [-0.2, 0) is 31.6 Å². The van der Waals surface area contributed by atoms with Crippen LogP contribution in [-0.4, -0.2) is 63.8 Å². The minimum atomic E-state index is -5.78. The molecular formula is C11H15N2O15P3. The maximum atomic E-state index is 11.9. The highest BCUT2D eigenvalue weighted by Crippen LogP contribution is 2.66. The predicted molar refractivity (Wildman–Crippen MR) is 94.8 cm³/mol. The van der Waals surface area contributed by atoms with Crippen molar-refractivity contribution in [3.8, 4) is 12.3 Å². The van der Waals surface area contributed by atoms with Gasteiger partial charge in [0.2, 0.25) is 0 Å². The van der Waals surface area contributed by atoms with Gasteiger partial charge in [0, 0.05) is 12.3 Å². The topological polar surface area (TPSA) is 264 Å². The number of nitrogens with one attached hydrogen (secondary N) is 1. The smallest absolute Gasteiger partial charge is 0.386 e. The summed E-state index contributed by atoms with van der Waals surface area (Å²) < 4.78 is 50.8. The molecule has 1 fully saturated rings. The Kier molecular flexibility index (Phi) is 7.33. The van der Waals surface area contributed by atoms with Crippen LogP contribution in [0.15, 0.2) is 21.9 Å². The number of aliphatic hydroxyl groups is 2. The molecule has 0 spiro atoms. The molecule has 174 valence electrons. The summed E-state index contributed by atoms with van der Waals surface area (Å²) in [6.07, 6.45) is 0.460. The number of aromatic amines is 1. The number of nitrogens with zero attached hydrogens (tertiary/aromatic N) is 1. The minimum absolute atomic E-state index is 0.606. The molecule has 1 aliphatic rings. The summed E-state index contributed by atoms with van der Waals surface area (Å²) in [6, 6.07) is 0.869. The van der Waals surface area contributed by atoms with Crippen LogP contribution < -0.4 is 11.2 Å². The lowest BCUT2D eigenvalue weighted by Crippen LogP contribution is -2.48. The highest BCUT2D eigenvalue weighted by molar-refractivity contribution is 7.66. The number of hydrogen-bond acceptors (Lipinski definition) is 11. The molecule has 0 amide bonds. The maximum absolute atomic E-state index is 11.9. The Balaban J connectivity index is 2.19. The molecule has 0 radical (unpaired) electrons. The minimum Gasteiger partial charge on any atom is -0.386 e. The van der Waals surface area contributed by atoms with E-state index in [1.165, 1.54) is 0 Å². The monoisotopic (exact) mass is 508 g/mol. The van der Waals surface area contributed by atoms with Gasteiger partial charge in [-0.3, -0.25) is 18.9 Å². The molecule has 3 unspecified atom stereocenters. The molecule has 31 heavy (non-hydrogen) atoms. The fourth-order valence-corrected chi connectivity index (χ4v) is 5.45. The zero-order valence-corrected chi connectivity index (χ0v) is 17.5. The molecule has 1 aromatic rings. The molecule has 6 atom stereocenters. The number of aromatic nitrogens is 2. The Morgan fingerprint density at radius 3 is 2.32 bits per heavy atom. The molecule has 7 N–H and O–H groups in total. The summed E-state index contributed by atoms with van der Waals surface area (Å²) in [6.45, 7) is -1.15. The third-order valence-electron chi connectivity index (χ3n) is 3.64. The van der Waals surface area contributed by atoms with Crippen LogP contribution in [0.5, 0.6) is 0 Å². The van der Waals surface area contributed by atoms with Gasteiger partial charge in [-0.15, -0.1) is 6.42 Å². The van der Waals surface area contributed by atoms with Crippen molar-refractivity contribution in [1.29, 1.82) is 0 Å². The Hall–Kier alpha value is -1.47. The lowest BCUT2D eigenvalue weighted by atomic mass is 9.95. The van der Waals surface area contributed by atoms with E-state index in [0.717, 1.165) is 12.3 Å². The number of H-pyrrole nitrogens is 1. The third kappa shape index (κ3) is 6.28. The van der Waals surface area contributed by atoms with E-state index in [2.05, 4.69) is 13.1 Å². The molecule has 2 rings (SSSR count). The quantitative estimate of drug-likeness (QED) is 0.141. The molecule has 0 aliphatic carbocycles. The van der Waals surface area contributed by atoms with Crippen LogP contribution in [0.3, 0.4) is 0 Å². The average Bonchev–Trinajstić information content (AvgIpc) is 2.82. The van der Waals surface area contributed by atoms with Crippen molar-refractivity contribution in [1.82, 2.24) is 9.55 Å². The second-order valence-electron chi connectivity index (χ2n) is 5.85. The van der Waals surface area contributed by atoms with Gasteiger partial charge in [0.15, 0.2) is 11.8 Å². The molecule has 17 nitrogen and oxygen atoms in total. The number of phosphoric acid groups is 3. The van der Waals surface area contributed by atoms with Gasteiger partial charge < -0.3 is 34.5 Å². The van der Waals surface area contributed by atoms with E-state index in [-0.39, 0.29) is 0 Å². The van der Waals surface area contributed by atoms with Gasteiger partial charge in [-0.25, -0.2) is 18.5 Å². The van der Waals surface area contributed by atoms with E-state index in [0.29, 0.717) is 4.57 Å². The molecule has 0 saturated carbocycles. The van der Waals surface area contributed by atoms with Crippen molar-refractivity contribution in [2.75, 3.05) is 6.61 Å². The van der Waals surface area contributed by atoms with E-state index in [9.17, 15) is 38.4 Å². The normalized spacial score (nSPS) is 30.3. The summed E-state index contributed by atoms with van der Waals surface area (Å²) in [7, 11) is -16.9. The van der Waals surface area contributed by atoms with Crippen molar-refractivity contribution in [3.05, 3.63) is 33.1 Å². The largest absolute Gasteiger partial charge is 0.490 e. The van der Waals surface area contributed by atoms with Gasteiger partial charge in [-0.2, -0.15) is 8.62 Å². The number of rotatable bonds is 8. The standard InChI is InChI=1S/C11H15N2O15P3/c1-2-11(17)8(15)6(26-9(11)13-4-3-7(14)12-10(13)16)5-25-30(21,22)28-31(23,24)27-29(18,19)20/h1,3-4,6,8-9,15,17H,5H2,(H,21,22)(H,23,24)(H,12,14,16)(H2,18,19,20)/t6-,8-,9-,11?/m1/s1. The fraction of sp³-hybridized carbons (Fsp3) is 0.455. The fourth-order valence-electron chi connectivity index (χ4n) is 2.42. The van der Waals surface area contributed by atoms with Crippen LogP contribution in [0.1, 0.15) is 6.23 Å². The van der Waals surface area contributed by atoms with E-state index in [4.69, 9.17) is 25.8 Å². The third-order valence-corrected chi connectivity index (χ3v) is 7.44. The zero-order chi connectivity index (χ0) is 23.8. The van der Waals surface area contributed by atoms with Crippen LogP contribution in [0.4, 0.5) is 0 Å². The summed E-state index contributed by atoms with van der Waals surface area (Å²) in [5.74, 6) is 1.79. The van der Waals surface area contributed by atoms with Gasteiger partial charge in [0.05, 0.1) is 6.61 Å². The number of hydrogen-bond donors (Lipinski definition) is 7. The van der Waals surface area contributed by atoms with Gasteiger partial charge in [-0.05, 0) is 0 Å². The lowest BCUT2D eigenvalue weighted by Gasteiger charge is -2.26. The molecule has 0 aromatic carbocycles. The van der Waals surface area contributed by atoms with Gasteiger partial charge in [-0.1, -0.05) is 5.92 Å². The van der Waals surface area contributed by atoms with Gasteiger partial charge in [0.25, 0.3) is 5.56 Å². The Morgan fingerprint density at radius 1 is 1.19 bits per heavy atom. The Labute approximate surface area is 171 Å². The highest BCUT2D eigenvalue weighted by Gasteiger charge is 2.56. The zero-order valence-electron chi connectivity index (χ0n) is 14.8. The van der Waals surface area contributed by atoms with Crippen LogP contribution >= 0.6 is 23.5 Å². The van der Waals surface area contributed by atoms with Gasteiger partial charge in [0.1, 0.15) is 12.2 Å². The number of terminal acetylenes is 1. The number of phosphoric ester groups is 1. The summed E-state index contributed by atoms with van der Waals surface area (Å²) in [5, 5.41) is 20.8. The molecule has 2 heterocycles. The molecule has 20 heteroatoms. The SMILES string of the molecule is C#CC1(O)[C@H](O)[C@@H](COP(=O)(O)OP(=O)(O)OP(=O)(O)O)O[C@H]1n1ccc(=O)[nH]c1=O. The predicted octanol–water partition coefficient (Wildman–Crippen LogP) is -2.50. The van der Waals surface area contributed by atoms with E-state index >= 15 is 0 Å². The van der Waals surface area contributed by atoms with E-state index in [1.54, 1.807) is 5.92 Å². The highest BCUT2D eigenvalue weighted by atomic mass is 31.3.